The minimum Gasteiger partial charge on any atom is -0.459 e. The fourth-order valence-electron chi connectivity index (χ4n) is 5.24. The minimum atomic E-state index is -4.83. The van der Waals surface area contributed by atoms with Crippen LogP contribution in [0.2, 0.25) is 0 Å². The molecule has 1 fully saturated rings. The van der Waals surface area contributed by atoms with Crippen LogP contribution in [-0.2, 0) is 6.11 Å². The molecular formula is C32H31F9O2. The fraction of sp³-hybridized carbons (Fsp3) is 0.375. The van der Waals surface area contributed by atoms with Crippen molar-refractivity contribution in [2.45, 2.75) is 71.1 Å². The first-order chi connectivity index (χ1) is 19.8. The van der Waals surface area contributed by atoms with E-state index in [-0.39, 0.29) is 31.4 Å². The number of allylic oxidation sites excluding steroid dienone is 1. The molecule has 0 atom stereocenters. The second-order valence-electron chi connectivity index (χ2n) is 10.2. The van der Waals surface area contributed by atoms with Gasteiger partial charge >= 0.3 is 12.3 Å². The molecule has 0 heterocycles. The Morgan fingerprint density at radius 3 is 1.84 bits per heavy atom. The van der Waals surface area contributed by atoms with E-state index in [1.54, 1.807) is 12.1 Å². The van der Waals surface area contributed by atoms with Gasteiger partial charge in [0.1, 0.15) is 22.9 Å². The molecule has 1 aliphatic carbocycles. The largest absolute Gasteiger partial charge is 0.459 e. The molecule has 234 valence electrons. The van der Waals surface area contributed by atoms with Crippen LogP contribution in [0.15, 0.2) is 60.9 Å². The average Bonchev–Trinajstić information content (AvgIpc) is 2.89. The highest BCUT2D eigenvalue weighted by Gasteiger charge is 2.41. The van der Waals surface area contributed by atoms with Crippen molar-refractivity contribution in [3.8, 4) is 22.6 Å². The van der Waals surface area contributed by atoms with Gasteiger partial charge in [-0.2, -0.15) is 22.0 Å². The third kappa shape index (κ3) is 8.48. The van der Waals surface area contributed by atoms with Gasteiger partial charge in [-0.25, -0.2) is 17.6 Å². The molecule has 0 spiro atoms. The summed E-state index contributed by atoms with van der Waals surface area (Å²) in [5.74, 6) is -8.11. The SMILES string of the molecule is C.CCCC1CCC(c2ccc(-c3cc(F)c(C(F)(F)Oc4cc(F)c(O/C=C/C(F)(F)F)c(F)c4)c(F)c3)cc2)CC1. The molecule has 0 N–H and O–H groups in total. The number of rotatable bonds is 9. The summed E-state index contributed by atoms with van der Waals surface area (Å²) in [6, 6.07) is 8.79. The van der Waals surface area contributed by atoms with E-state index in [4.69, 9.17) is 0 Å². The predicted molar refractivity (Wildman–Crippen MR) is 145 cm³/mol. The maximum absolute atomic E-state index is 14.9. The van der Waals surface area contributed by atoms with Crippen LogP contribution in [0.4, 0.5) is 39.5 Å². The van der Waals surface area contributed by atoms with Gasteiger partial charge in [0, 0.05) is 12.1 Å². The van der Waals surface area contributed by atoms with Gasteiger partial charge in [-0.1, -0.05) is 51.5 Å². The second-order valence-corrected chi connectivity index (χ2v) is 10.2. The van der Waals surface area contributed by atoms with Gasteiger partial charge in [0.15, 0.2) is 17.4 Å². The Kier molecular flexibility index (Phi) is 10.8. The van der Waals surface area contributed by atoms with Gasteiger partial charge in [0.05, 0.1) is 12.3 Å². The van der Waals surface area contributed by atoms with E-state index in [0.29, 0.717) is 23.6 Å². The first-order valence-corrected chi connectivity index (χ1v) is 13.3. The molecule has 0 aliphatic heterocycles. The highest BCUT2D eigenvalue weighted by molar-refractivity contribution is 5.64. The zero-order chi connectivity index (χ0) is 30.7. The Morgan fingerprint density at radius 2 is 1.33 bits per heavy atom. The summed E-state index contributed by atoms with van der Waals surface area (Å²) in [6.07, 6.45) is -3.29. The molecule has 1 saturated carbocycles. The normalized spacial score (nSPS) is 17.5. The zero-order valence-electron chi connectivity index (χ0n) is 22.4. The van der Waals surface area contributed by atoms with Crippen LogP contribution in [0, 0.1) is 29.2 Å². The van der Waals surface area contributed by atoms with Crippen LogP contribution in [-0.4, -0.2) is 6.18 Å². The molecule has 11 heteroatoms. The summed E-state index contributed by atoms with van der Waals surface area (Å²) in [7, 11) is 0. The fourth-order valence-corrected chi connectivity index (χ4v) is 5.24. The Labute approximate surface area is 244 Å². The number of benzene rings is 3. The van der Waals surface area contributed by atoms with E-state index in [0.717, 1.165) is 43.6 Å². The topological polar surface area (TPSA) is 18.5 Å². The van der Waals surface area contributed by atoms with Crippen LogP contribution in [0.25, 0.3) is 11.1 Å². The van der Waals surface area contributed by atoms with Crippen LogP contribution in [0.1, 0.15) is 69.9 Å². The van der Waals surface area contributed by atoms with E-state index in [2.05, 4.69) is 16.4 Å². The van der Waals surface area contributed by atoms with E-state index in [9.17, 15) is 39.5 Å². The Morgan fingerprint density at radius 1 is 0.767 bits per heavy atom. The standard InChI is InChI=1S/C31H27F9O2.CH4/c1-2-3-18-4-6-19(7-5-18)20-8-10-21(11-9-20)22-14-24(32)28(25(33)15-22)31(39,40)42-23-16-26(34)29(27(35)17-23)41-13-12-30(36,37)38;/h8-19H,2-7H2,1H3;1H4/b13-12+;. The third-order valence-corrected chi connectivity index (χ3v) is 7.25. The minimum absolute atomic E-state index is 0. The first kappa shape index (κ1) is 33.9. The summed E-state index contributed by atoms with van der Waals surface area (Å²) in [6.45, 7) is 2.17. The molecule has 0 amide bonds. The van der Waals surface area contributed by atoms with Crippen molar-refractivity contribution in [1.29, 1.82) is 0 Å². The molecule has 4 rings (SSSR count). The van der Waals surface area contributed by atoms with Gasteiger partial charge in [-0.05, 0) is 66.3 Å². The highest BCUT2D eigenvalue weighted by atomic mass is 19.4. The first-order valence-electron chi connectivity index (χ1n) is 13.3. The van der Waals surface area contributed by atoms with Gasteiger partial charge < -0.3 is 9.47 Å². The van der Waals surface area contributed by atoms with E-state index >= 15 is 0 Å². The van der Waals surface area contributed by atoms with Crippen molar-refractivity contribution in [1.82, 2.24) is 0 Å². The lowest BCUT2D eigenvalue weighted by Crippen LogP contribution is -2.25. The van der Waals surface area contributed by atoms with Crippen LogP contribution in [0.5, 0.6) is 11.5 Å². The van der Waals surface area contributed by atoms with Crippen molar-refractivity contribution >= 4 is 0 Å². The molecule has 0 saturated heterocycles. The Balaban J connectivity index is 0.00000506. The zero-order valence-corrected chi connectivity index (χ0v) is 22.4. The van der Waals surface area contributed by atoms with Crippen molar-refractivity contribution in [2.24, 2.45) is 5.92 Å². The Bertz CT molecular complexity index is 1360. The van der Waals surface area contributed by atoms with E-state index < -0.39 is 58.7 Å². The Hall–Kier alpha value is -3.63. The summed E-state index contributed by atoms with van der Waals surface area (Å²) in [4.78, 5) is 0. The van der Waals surface area contributed by atoms with Gasteiger partial charge in [-0.3, -0.25) is 0 Å². The lowest BCUT2D eigenvalue weighted by Gasteiger charge is -2.28. The lowest BCUT2D eigenvalue weighted by atomic mass is 9.77. The third-order valence-electron chi connectivity index (χ3n) is 7.25. The molecule has 2 nitrogen and oxygen atoms in total. The van der Waals surface area contributed by atoms with Crippen molar-refractivity contribution in [2.75, 3.05) is 0 Å². The molecule has 3 aromatic carbocycles. The number of ether oxygens (including phenoxy) is 2. The van der Waals surface area contributed by atoms with Crippen molar-refractivity contribution in [3.05, 3.63) is 95.3 Å². The number of halogens is 9. The highest BCUT2D eigenvalue weighted by Crippen LogP contribution is 2.40. The molecule has 0 radical (unpaired) electrons. The smallest absolute Gasteiger partial charge is 0.432 e. The molecular weight excluding hydrogens is 587 g/mol. The van der Waals surface area contributed by atoms with Gasteiger partial charge in [-0.15, -0.1) is 0 Å². The predicted octanol–water partition coefficient (Wildman–Crippen LogP) is 11.2. The molecule has 1 aliphatic rings. The summed E-state index contributed by atoms with van der Waals surface area (Å²) in [5.41, 5.74) is -0.307. The van der Waals surface area contributed by atoms with Gasteiger partial charge in [0.25, 0.3) is 0 Å². The van der Waals surface area contributed by atoms with Crippen LogP contribution < -0.4 is 9.47 Å². The van der Waals surface area contributed by atoms with Crippen LogP contribution >= 0.6 is 0 Å². The number of hydrogen-bond acceptors (Lipinski definition) is 2. The maximum atomic E-state index is 14.9. The van der Waals surface area contributed by atoms with E-state index in [1.165, 1.54) is 6.42 Å². The van der Waals surface area contributed by atoms with Gasteiger partial charge in [0.2, 0.25) is 0 Å². The summed E-state index contributed by atoms with van der Waals surface area (Å²) in [5, 5.41) is 0. The molecule has 0 bridgehead atoms. The maximum Gasteiger partial charge on any atom is 0.432 e. The lowest BCUT2D eigenvalue weighted by molar-refractivity contribution is -0.189. The van der Waals surface area contributed by atoms with Crippen molar-refractivity contribution < 1.29 is 49.0 Å². The average molecular weight is 619 g/mol. The van der Waals surface area contributed by atoms with Crippen molar-refractivity contribution in [3.63, 3.8) is 0 Å². The molecule has 3 aromatic rings. The number of alkyl halides is 5. The molecule has 0 unspecified atom stereocenters. The second kappa shape index (κ2) is 13.8. The number of hydrogen-bond donors (Lipinski definition) is 0. The quantitative estimate of drug-likeness (QED) is 0.175. The molecule has 43 heavy (non-hydrogen) atoms. The summed E-state index contributed by atoms with van der Waals surface area (Å²) >= 11 is 0. The van der Waals surface area contributed by atoms with E-state index in [1.807, 2.05) is 12.1 Å². The monoisotopic (exact) mass is 618 g/mol. The van der Waals surface area contributed by atoms with Crippen LogP contribution in [0.3, 0.4) is 0 Å². The summed E-state index contributed by atoms with van der Waals surface area (Å²) < 4.78 is 133. The molecule has 0 aromatic heterocycles.